The average molecular weight is 478 g/mol. The number of rotatable bonds is 14. The van der Waals surface area contributed by atoms with Crippen molar-refractivity contribution in [3.63, 3.8) is 0 Å². The fourth-order valence-corrected chi connectivity index (χ4v) is 3.14. The summed E-state index contributed by atoms with van der Waals surface area (Å²) < 4.78 is 66.8. The molecule has 0 amide bonds. The molecule has 0 spiro atoms. The Morgan fingerprint density at radius 1 is 0.966 bits per heavy atom. The molecule has 18 heteroatoms. The molecule has 0 unspecified atom stereocenters. The lowest BCUT2D eigenvalue weighted by Crippen LogP contribution is -2.30. The van der Waals surface area contributed by atoms with E-state index in [1.165, 1.54) is 23.9 Å². The van der Waals surface area contributed by atoms with Gasteiger partial charge in [-0.1, -0.05) is 0 Å². The Kier molecular flexibility index (Phi) is 10.4. The highest BCUT2D eigenvalue weighted by Gasteiger charge is 2.17. The minimum Gasteiger partial charge on any atom is -0.343 e. The summed E-state index contributed by atoms with van der Waals surface area (Å²) >= 11 is 0.759. The van der Waals surface area contributed by atoms with E-state index in [4.69, 9.17) is 18.5 Å². The number of hydrogen-bond donors (Lipinski definition) is 5. The van der Waals surface area contributed by atoms with Gasteiger partial charge in [-0.05, 0) is 0 Å². The van der Waals surface area contributed by atoms with Crippen LogP contribution in [0.5, 0.6) is 0 Å². The number of aromatic nitrogens is 3. The standard InChI is InChI=1S/C11H23N7O8S3/c1-17(3-5-28(20,21)22)9-14-10(18(2)4-6-29(23,24)25)16-11(15-9)27-26-8-12-7-13-19/h12-13,19H,3-8H2,1-2H3,(H,20,21,22)(H,23,24,25). The van der Waals surface area contributed by atoms with Gasteiger partial charge in [-0.3, -0.25) is 18.6 Å². The van der Waals surface area contributed by atoms with Crippen molar-refractivity contribution in [2.45, 2.75) is 5.16 Å². The zero-order valence-electron chi connectivity index (χ0n) is 15.6. The molecule has 0 saturated carbocycles. The molecule has 0 saturated heterocycles. The van der Waals surface area contributed by atoms with Crippen LogP contribution in [0.15, 0.2) is 5.16 Å². The second-order valence-electron chi connectivity index (χ2n) is 5.56. The average Bonchev–Trinajstić information content (AvgIpc) is 2.62. The van der Waals surface area contributed by atoms with E-state index in [2.05, 4.69) is 20.3 Å². The Bertz CT molecular complexity index is 794. The van der Waals surface area contributed by atoms with Crippen LogP contribution in [0.4, 0.5) is 11.9 Å². The first-order valence-corrected chi connectivity index (χ1v) is 11.8. The number of hydroxylamine groups is 1. The van der Waals surface area contributed by atoms with E-state index in [0.717, 1.165) is 12.0 Å². The maximum absolute atomic E-state index is 10.9. The van der Waals surface area contributed by atoms with E-state index in [0.29, 0.717) is 0 Å². The molecule has 0 aliphatic heterocycles. The molecule has 0 atom stereocenters. The third kappa shape index (κ3) is 11.4. The van der Waals surface area contributed by atoms with Crippen molar-refractivity contribution in [2.75, 3.05) is 61.9 Å². The van der Waals surface area contributed by atoms with E-state index >= 15 is 0 Å². The highest BCUT2D eigenvalue weighted by atomic mass is 32.2. The molecular formula is C11H23N7O8S3. The molecule has 0 aliphatic carbocycles. The van der Waals surface area contributed by atoms with Gasteiger partial charge in [0.1, 0.15) is 6.73 Å². The lowest BCUT2D eigenvalue weighted by atomic mass is 10.6. The van der Waals surface area contributed by atoms with Gasteiger partial charge in [-0.15, -0.1) is 0 Å². The predicted octanol–water partition coefficient (Wildman–Crippen LogP) is -1.97. The Morgan fingerprint density at radius 2 is 1.45 bits per heavy atom. The van der Waals surface area contributed by atoms with Crippen LogP contribution >= 0.6 is 12.0 Å². The van der Waals surface area contributed by atoms with Crippen LogP contribution < -0.4 is 20.6 Å². The molecule has 168 valence electrons. The molecule has 0 aromatic carbocycles. The number of hydrogen-bond acceptors (Lipinski definition) is 14. The van der Waals surface area contributed by atoms with E-state index < -0.39 is 31.7 Å². The minimum absolute atomic E-state index is 0.0196. The zero-order chi connectivity index (χ0) is 22.1. The van der Waals surface area contributed by atoms with E-state index in [1.54, 1.807) is 0 Å². The first-order chi connectivity index (χ1) is 13.4. The van der Waals surface area contributed by atoms with Crippen LogP contribution in [0.1, 0.15) is 0 Å². The van der Waals surface area contributed by atoms with Crippen LogP contribution in [-0.2, 0) is 24.4 Å². The molecule has 0 radical (unpaired) electrons. The van der Waals surface area contributed by atoms with E-state index in [9.17, 15) is 16.8 Å². The topological polar surface area (TPSA) is 207 Å². The van der Waals surface area contributed by atoms with Crippen molar-refractivity contribution in [1.29, 1.82) is 0 Å². The van der Waals surface area contributed by atoms with Crippen molar-refractivity contribution in [2.24, 2.45) is 0 Å². The zero-order valence-corrected chi connectivity index (χ0v) is 18.0. The molecule has 1 aromatic heterocycles. The summed E-state index contributed by atoms with van der Waals surface area (Å²) in [6, 6.07) is 0. The van der Waals surface area contributed by atoms with Gasteiger partial charge in [0.2, 0.25) is 17.1 Å². The molecule has 0 aliphatic rings. The molecule has 1 aromatic rings. The van der Waals surface area contributed by atoms with Crippen molar-refractivity contribution in [3.05, 3.63) is 0 Å². The van der Waals surface area contributed by atoms with Gasteiger partial charge in [0.15, 0.2) is 0 Å². The Morgan fingerprint density at radius 3 is 1.86 bits per heavy atom. The van der Waals surface area contributed by atoms with Crippen LogP contribution in [0, 0.1) is 0 Å². The van der Waals surface area contributed by atoms with Gasteiger partial charge in [0.25, 0.3) is 20.2 Å². The fourth-order valence-electron chi connectivity index (χ4n) is 1.65. The Hall–Kier alpha value is -1.38. The van der Waals surface area contributed by atoms with Crippen molar-refractivity contribution >= 4 is 44.2 Å². The summed E-state index contributed by atoms with van der Waals surface area (Å²) in [5, 5.41) is 11.2. The first-order valence-electron chi connectivity index (χ1n) is 7.87. The number of nitrogens with zero attached hydrogens (tertiary/aromatic N) is 5. The summed E-state index contributed by atoms with van der Waals surface area (Å²) in [4.78, 5) is 15.1. The quantitative estimate of drug-likeness (QED) is 0.0647. The highest BCUT2D eigenvalue weighted by Crippen LogP contribution is 2.20. The van der Waals surface area contributed by atoms with Gasteiger partial charge in [0, 0.05) is 27.2 Å². The van der Waals surface area contributed by atoms with Gasteiger partial charge in [-0.2, -0.15) is 37.3 Å². The molecule has 1 heterocycles. The second kappa shape index (κ2) is 11.7. The van der Waals surface area contributed by atoms with Crippen LogP contribution in [0.2, 0.25) is 0 Å². The van der Waals surface area contributed by atoms with Crippen molar-refractivity contribution in [1.82, 2.24) is 25.7 Å². The second-order valence-corrected chi connectivity index (χ2v) is 9.48. The third-order valence-electron chi connectivity index (χ3n) is 3.14. The van der Waals surface area contributed by atoms with Crippen LogP contribution in [0.3, 0.4) is 0 Å². The maximum atomic E-state index is 10.9. The minimum atomic E-state index is -4.19. The van der Waals surface area contributed by atoms with Crippen molar-refractivity contribution < 1.29 is 35.3 Å². The normalized spacial score (nSPS) is 12.2. The van der Waals surface area contributed by atoms with Crippen LogP contribution in [-0.4, -0.2) is 98.2 Å². The number of anilines is 2. The van der Waals surface area contributed by atoms with E-state index in [1.807, 2.05) is 5.48 Å². The lowest BCUT2D eigenvalue weighted by Gasteiger charge is -2.21. The molecule has 5 N–H and O–H groups in total. The Balaban J connectivity index is 2.98. The molecule has 15 nitrogen and oxygen atoms in total. The molecule has 0 fully saturated rings. The monoisotopic (exact) mass is 477 g/mol. The summed E-state index contributed by atoms with van der Waals surface area (Å²) in [5.74, 6) is -1.01. The highest BCUT2D eigenvalue weighted by molar-refractivity contribution is 7.94. The molecule has 0 bridgehead atoms. The van der Waals surface area contributed by atoms with E-state index in [-0.39, 0.29) is 43.5 Å². The Labute approximate surface area is 172 Å². The molecule has 1 rings (SSSR count). The summed E-state index contributed by atoms with van der Waals surface area (Å²) in [7, 11) is -5.40. The molecular weight excluding hydrogens is 454 g/mol. The largest absolute Gasteiger partial charge is 0.343 e. The number of nitrogens with one attached hydrogen (secondary N) is 2. The summed E-state index contributed by atoms with van der Waals surface area (Å²) in [5.41, 5.74) is 1.87. The fraction of sp³-hybridized carbons (Fsp3) is 0.727. The van der Waals surface area contributed by atoms with Crippen molar-refractivity contribution in [3.8, 4) is 0 Å². The van der Waals surface area contributed by atoms with Gasteiger partial charge < -0.3 is 15.0 Å². The summed E-state index contributed by atoms with van der Waals surface area (Å²) in [6.07, 6.45) is 0. The lowest BCUT2D eigenvalue weighted by molar-refractivity contribution is 0.148. The smallest absolute Gasteiger partial charge is 0.266 e. The van der Waals surface area contributed by atoms with Gasteiger partial charge >= 0.3 is 0 Å². The van der Waals surface area contributed by atoms with Gasteiger partial charge in [0.05, 0.1) is 30.2 Å². The van der Waals surface area contributed by atoms with Gasteiger partial charge in [-0.25, -0.2) is 0 Å². The summed E-state index contributed by atoms with van der Waals surface area (Å²) in [6.45, 7) is -0.145. The SMILES string of the molecule is CN(CCS(=O)(=O)O)c1nc(SOCNCNO)nc(N(C)CCS(=O)(=O)O)n1. The molecule has 29 heavy (non-hydrogen) atoms. The third-order valence-corrected chi connectivity index (χ3v) is 5.11. The first kappa shape index (κ1) is 25.7. The predicted molar refractivity (Wildman–Crippen MR) is 104 cm³/mol. The van der Waals surface area contributed by atoms with Crippen LogP contribution in [0.25, 0.3) is 0 Å². The maximum Gasteiger partial charge on any atom is 0.266 e.